The van der Waals surface area contributed by atoms with E-state index in [1.807, 2.05) is 20.8 Å². The maximum absolute atomic E-state index is 12.4. The third-order valence-electron chi connectivity index (χ3n) is 3.80. The van der Waals surface area contributed by atoms with Crippen molar-refractivity contribution in [1.82, 2.24) is 14.5 Å². The molecule has 25 heavy (non-hydrogen) atoms. The van der Waals surface area contributed by atoms with Crippen LogP contribution in [0.4, 0.5) is 5.82 Å². The van der Waals surface area contributed by atoms with Gasteiger partial charge in [-0.2, -0.15) is 5.10 Å². The molecule has 0 radical (unpaired) electrons. The van der Waals surface area contributed by atoms with Gasteiger partial charge in [-0.05, 0) is 51.5 Å². The van der Waals surface area contributed by atoms with Gasteiger partial charge in [0.05, 0.1) is 11.1 Å². The Morgan fingerprint density at radius 3 is 2.36 bits per heavy atom. The first-order chi connectivity index (χ1) is 11.7. The summed E-state index contributed by atoms with van der Waals surface area (Å²) in [5.74, 6) is 0.274. The molecule has 1 heterocycles. The zero-order valence-corrected chi connectivity index (χ0v) is 15.7. The Kier molecular flexibility index (Phi) is 5.97. The average molecular weight is 364 g/mol. The summed E-state index contributed by atoms with van der Waals surface area (Å²) in [5.41, 5.74) is 0.374. The molecule has 0 aliphatic heterocycles. The third kappa shape index (κ3) is 4.67. The van der Waals surface area contributed by atoms with E-state index >= 15 is 0 Å². The number of carbonyl (C=O) groups excluding carboxylic acids is 1. The summed E-state index contributed by atoms with van der Waals surface area (Å²) in [6.45, 7) is 7.64. The van der Waals surface area contributed by atoms with E-state index in [0.29, 0.717) is 17.8 Å². The molecule has 2 N–H and O–H groups in total. The molecular formula is C17H24N4O3S. The smallest absolute Gasteiger partial charge is 0.256 e. The van der Waals surface area contributed by atoms with Crippen LogP contribution in [0, 0.1) is 0 Å². The van der Waals surface area contributed by atoms with Gasteiger partial charge >= 0.3 is 0 Å². The fraction of sp³-hybridized carbons (Fsp3) is 0.412. The number of anilines is 1. The van der Waals surface area contributed by atoms with Gasteiger partial charge in [-0.3, -0.25) is 4.79 Å². The van der Waals surface area contributed by atoms with E-state index in [4.69, 9.17) is 0 Å². The van der Waals surface area contributed by atoms with Gasteiger partial charge in [0, 0.05) is 23.7 Å². The number of aromatic nitrogens is 2. The van der Waals surface area contributed by atoms with Crippen LogP contribution in [-0.2, 0) is 10.0 Å². The van der Waals surface area contributed by atoms with Gasteiger partial charge in [0.15, 0.2) is 0 Å². The van der Waals surface area contributed by atoms with Gasteiger partial charge in [-0.15, -0.1) is 0 Å². The molecule has 1 unspecified atom stereocenters. The Bertz CT molecular complexity index is 826. The van der Waals surface area contributed by atoms with Crippen molar-refractivity contribution in [3.63, 3.8) is 0 Å². The average Bonchev–Trinajstić information content (AvgIpc) is 3.02. The van der Waals surface area contributed by atoms with Crippen molar-refractivity contribution in [2.45, 2.75) is 51.1 Å². The minimum Gasteiger partial charge on any atom is -0.307 e. The molecule has 1 aromatic heterocycles. The highest BCUT2D eigenvalue weighted by molar-refractivity contribution is 7.89. The van der Waals surface area contributed by atoms with Crippen molar-refractivity contribution in [1.29, 1.82) is 0 Å². The fourth-order valence-electron chi connectivity index (χ4n) is 2.21. The summed E-state index contributed by atoms with van der Waals surface area (Å²) < 4.78 is 28.8. The topological polar surface area (TPSA) is 93.1 Å². The largest absolute Gasteiger partial charge is 0.307 e. The maximum atomic E-state index is 12.4. The molecule has 2 rings (SSSR count). The van der Waals surface area contributed by atoms with E-state index in [2.05, 4.69) is 15.1 Å². The number of amides is 1. The first kappa shape index (κ1) is 19.1. The number of carbonyl (C=O) groups is 1. The molecule has 0 bridgehead atoms. The normalized spacial score (nSPS) is 13.0. The molecule has 0 spiro atoms. The van der Waals surface area contributed by atoms with Crippen molar-refractivity contribution < 1.29 is 13.2 Å². The SMILES string of the molecule is CCC(C)NS(=O)(=O)c1ccc(C(=O)Nc2ccnn2C(C)C)cc1. The molecule has 0 aliphatic carbocycles. The molecular weight excluding hydrogens is 340 g/mol. The van der Waals surface area contributed by atoms with Gasteiger partial charge in [0.25, 0.3) is 5.91 Å². The van der Waals surface area contributed by atoms with Gasteiger partial charge in [0.2, 0.25) is 10.0 Å². The van der Waals surface area contributed by atoms with Gasteiger partial charge in [0.1, 0.15) is 5.82 Å². The Morgan fingerprint density at radius 2 is 1.80 bits per heavy atom. The number of rotatable bonds is 7. The predicted octanol–water partition coefficient (Wildman–Crippen LogP) is 2.79. The van der Waals surface area contributed by atoms with Crippen molar-refractivity contribution in [2.24, 2.45) is 0 Å². The molecule has 0 aliphatic rings. The summed E-state index contributed by atoms with van der Waals surface area (Å²) in [6.07, 6.45) is 2.31. The number of sulfonamides is 1. The molecule has 0 saturated heterocycles. The zero-order chi connectivity index (χ0) is 18.6. The second-order valence-electron chi connectivity index (χ2n) is 6.16. The van der Waals surface area contributed by atoms with Crippen LogP contribution in [-0.4, -0.2) is 30.1 Å². The number of hydrogen-bond acceptors (Lipinski definition) is 4. The third-order valence-corrected chi connectivity index (χ3v) is 5.40. The minimum absolute atomic E-state index is 0.115. The number of benzene rings is 1. The summed E-state index contributed by atoms with van der Waals surface area (Å²) in [4.78, 5) is 12.5. The lowest BCUT2D eigenvalue weighted by Crippen LogP contribution is -2.32. The molecule has 8 heteroatoms. The molecule has 1 aromatic carbocycles. The molecule has 2 aromatic rings. The van der Waals surface area contributed by atoms with Crippen molar-refractivity contribution in [2.75, 3.05) is 5.32 Å². The van der Waals surface area contributed by atoms with Gasteiger partial charge < -0.3 is 5.32 Å². The van der Waals surface area contributed by atoms with E-state index in [1.54, 1.807) is 23.9 Å². The highest BCUT2D eigenvalue weighted by Crippen LogP contribution is 2.16. The van der Waals surface area contributed by atoms with E-state index in [9.17, 15) is 13.2 Å². The molecule has 1 amide bonds. The van der Waals surface area contributed by atoms with Crippen LogP contribution in [0.3, 0.4) is 0 Å². The van der Waals surface area contributed by atoms with Crippen LogP contribution < -0.4 is 10.0 Å². The highest BCUT2D eigenvalue weighted by Gasteiger charge is 2.17. The molecule has 0 saturated carbocycles. The second-order valence-corrected chi connectivity index (χ2v) is 7.88. The first-order valence-electron chi connectivity index (χ1n) is 8.22. The number of hydrogen-bond donors (Lipinski definition) is 2. The second kappa shape index (κ2) is 7.79. The zero-order valence-electron chi connectivity index (χ0n) is 14.9. The van der Waals surface area contributed by atoms with E-state index < -0.39 is 10.0 Å². The van der Waals surface area contributed by atoms with Crippen molar-refractivity contribution >= 4 is 21.7 Å². The van der Waals surface area contributed by atoms with E-state index in [1.165, 1.54) is 24.3 Å². The Hall–Kier alpha value is -2.19. The summed E-state index contributed by atoms with van der Waals surface area (Å²) in [7, 11) is -3.58. The number of nitrogens with one attached hydrogen (secondary N) is 2. The molecule has 1 atom stereocenters. The lowest BCUT2D eigenvalue weighted by Gasteiger charge is -2.13. The van der Waals surface area contributed by atoms with Crippen LogP contribution >= 0.6 is 0 Å². The molecule has 0 fully saturated rings. The predicted molar refractivity (Wildman–Crippen MR) is 97.1 cm³/mol. The lowest BCUT2D eigenvalue weighted by molar-refractivity contribution is 0.102. The van der Waals surface area contributed by atoms with Crippen molar-refractivity contribution in [3.8, 4) is 0 Å². The summed E-state index contributed by atoms with van der Waals surface area (Å²) in [5, 5.41) is 6.94. The van der Waals surface area contributed by atoms with Crippen LogP contribution in [0.1, 0.15) is 50.5 Å². The fourth-order valence-corrected chi connectivity index (χ4v) is 3.54. The standard InChI is InChI=1S/C17H24N4O3S/c1-5-13(4)20-25(23,24)15-8-6-14(7-9-15)17(22)19-16-10-11-18-21(16)12(2)3/h6-13,20H,5H2,1-4H3,(H,19,22). The molecule has 7 nitrogen and oxygen atoms in total. The number of nitrogens with zero attached hydrogens (tertiary/aromatic N) is 2. The summed E-state index contributed by atoms with van der Waals surface area (Å²) in [6, 6.07) is 7.53. The summed E-state index contributed by atoms with van der Waals surface area (Å²) >= 11 is 0. The van der Waals surface area contributed by atoms with Crippen LogP contribution in [0.15, 0.2) is 41.4 Å². The Morgan fingerprint density at radius 1 is 1.16 bits per heavy atom. The first-order valence-corrected chi connectivity index (χ1v) is 9.70. The van der Waals surface area contributed by atoms with E-state index in [0.717, 1.165) is 0 Å². The monoisotopic (exact) mass is 364 g/mol. The highest BCUT2D eigenvalue weighted by atomic mass is 32.2. The van der Waals surface area contributed by atoms with E-state index in [-0.39, 0.29) is 22.9 Å². The minimum atomic E-state index is -3.58. The van der Waals surface area contributed by atoms with Crippen LogP contribution in [0.5, 0.6) is 0 Å². The van der Waals surface area contributed by atoms with Crippen LogP contribution in [0.2, 0.25) is 0 Å². The lowest BCUT2D eigenvalue weighted by atomic mass is 10.2. The van der Waals surface area contributed by atoms with Gasteiger partial charge in [-0.1, -0.05) is 6.92 Å². The quantitative estimate of drug-likeness (QED) is 0.790. The Balaban J connectivity index is 2.14. The Labute approximate surface area is 148 Å². The van der Waals surface area contributed by atoms with Crippen LogP contribution in [0.25, 0.3) is 0 Å². The maximum Gasteiger partial charge on any atom is 0.256 e. The molecule has 136 valence electrons. The van der Waals surface area contributed by atoms with Gasteiger partial charge in [-0.25, -0.2) is 17.8 Å². The van der Waals surface area contributed by atoms with Crippen molar-refractivity contribution in [3.05, 3.63) is 42.1 Å².